The van der Waals surface area contributed by atoms with Crippen LogP contribution in [0.15, 0.2) is 52.3 Å². The summed E-state index contributed by atoms with van der Waals surface area (Å²) in [4.78, 5) is 15.8. The molecule has 1 heterocycles. The summed E-state index contributed by atoms with van der Waals surface area (Å²) in [6.07, 6.45) is 0. The molecule has 0 bridgehead atoms. The van der Waals surface area contributed by atoms with E-state index >= 15 is 0 Å². The van der Waals surface area contributed by atoms with Crippen LogP contribution in [0.3, 0.4) is 0 Å². The molecular weight excluding hydrogens is 436 g/mol. The van der Waals surface area contributed by atoms with Gasteiger partial charge in [-0.05, 0) is 36.4 Å². The first-order valence-electron chi connectivity index (χ1n) is 10.0. The second kappa shape index (κ2) is 9.93. The number of methoxy groups -OCH3 is 2. The first-order valence-corrected chi connectivity index (χ1v) is 12.4. The van der Waals surface area contributed by atoms with Crippen molar-refractivity contribution in [2.24, 2.45) is 0 Å². The Morgan fingerprint density at radius 2 is 1.55 bits per heavy atom. The first kappa shape index (κ1) is 23.4. The van der Waals surface area contributed by atoms with Gasteiger partial charge in [0.2, 0.25) is 10.0 Å². The lowest BCUT2D eigenvalue weighted by Crippen LogP contribution is -2.50. The molecule has 9 heteroatoms. The third kappa shape index (κ3) is 5.34. The zero-order chi connectivity index (χ0) is 22.6. The summed E-state index contributed by atoms with van der Waals surface area (Å²) in [5.74, 6) is 0.746. The first-order chi connectivity index (χ1) is 14.8. The lowest BCUT2D eigenvalue weighted by atomic mass is 10.2. The predicted octanol–water partition coefficient (Wildman–Crippen LogP) is 3.35. The molecule has 168 valence electrons. The summed E-state index contributed by atoms with van der Waals surface area (Å²) in [6, 6.07) is 12.1. The number of carbonyl (C=O) groups excluding carboxylic acids is 1. The summed E-state index contributed by atoms with van der Waals surface area (Å²) in [5, 5.41) is 0.474. The van der Waals surface area contributed by atoms with E-state index in [0.29, 0.717) is 35.4 Å². The Labute approximate surface area is 188 Å². The van der Waals surface area contributed by atoms with Crippen molar-refractivity contribution in [2.45, 2.75) is 28.9 Å². The van der Waals surface area contributed by atoms with Crippen molar-refractivity contribution in [2.75, 3.05) is 40.4 Å². The number of thioether (sulfide) groups is 1. The summed E-state index contributed by atoms with van der Waals surface area (Å²) >= 11 is 1.75. The van der Waals surface area contributed by atoms with Gasteiger partial charge in [-0.25, -0.2) is 8.42 Å². The largest absolute Gasteiger partial charge is 0.493 e. The number of hydrogen-bond donors (Lipinski definition) is 0. The lowest BCUT2D eigenvalue weighted by Gasteiger charge is -2.34. The van der Waals surface area contributed by atoms with E-state index in [9.17, 15) is 13.2 Å². The van der Waals surface area contributed by atoms with E-state index in [1.165, 1.54) is 30.7 Å². The van der Waals surface area contributed by atoms with Gasteiger partial charge in [0.1, 0.15) is 0 Å². The maximum absolute atomic E-state index is 13.1. The van der Waals surface area contributed by atoms with E-state index < -0.39 is 10.0 Å². The minimum atomic E-state index is -3.69. The topological polar surface area (TPSA) is 76.2 Å². The predicted molar refractivity (Wildman–Crippen MR) is 122 cm³/mol. The average molecular weight is 465 g/mol. The van der Waals surface area contributed by atoms with Crippen molar-refractivity contribution >= 4 is 27.7 Å². The summed E-state index contributed by atoms with van der Waals surface area (Å²) in [7, 11) is -0.730. The minimum absolute atomic E-state index is 0.0794. The highest BCUT2D eigenvalue weighted by Gasteiger charge is 2.31. The van der Waals surface area contributed by atoms with Gasteiger partial charge in [-0.1, -0.05) is 13.8 Å². The third-order valence-electron chi connectivity index (χ3n) is 4.99. The molecule has 2 aromatic rings. The molecule has 7 nitrogen and oxygen atoms in total. The molecule has 0 aliphatic carbocycles. The Balaban J connectivity index is 1.66. The number of piperazine rings is 1. The van der Waals surface area contributed by atoms with Crippen LogP contribution in [0.1, 0.15) is 24.2 Å². The monoisotopic (exact) mass is 464 g/mol. The Morgan fingerprint density at radius 3 is 2.10 bits per heavy atom. The van der Waals surface area contributed by atoms with Gasteiger partial charge in [-0.3, -0.25) is 4.79 Å². The van der Waals surface area contributed by atoms with Gasteiger partial charge >= 0.3 is 0 Å². The number of rotatable bonds is 7. The number of amides is 1. The Bertz CT molecular complexity index is 1010. The number of nitrogens with zero attached hydrogens (tertiary/aromatic N) is 2. The molecule has 1 amide bonds. The van der Waals surface area contributed by atoms with Crippen LogP contribution in [0.4, 0.5) is 0 Å². The summed E-state index contributed by atoms with van der Waals surface area (Å²) in [6.45, 7) is 5.41. The van der Waals surface area contributed by atoms with Crippen molar-refractivity contribution in [3.05, 3.63) is 48.0 Å². The molecule has 0 aromatic heterocycles. The molecule has 1 fully saturated rings. The van der Waals surface area contributed by atoms with Crippen LogP contribution < -0.4 is 9.47 Å². The number of benzene rings is 2. The van der Waals surface area contributed by atoms with Crippen LogP contribution >= 0.6 is 11.8 Å². The van der Waals surface area contributed by atoms with Crippen LogP contribution in [-0.4, -0.2) is 69.2 Å². The van der Waals surface area contributed by atoms with Crippen molar-refractivity contribution in [3.63, 3.8) is 0 Å². The van der Waals surface area contributed by atoms with Gasteiger partial charge < -0.3 is 14.4 Å². The SMILES string of the molecule is COc1ccc(S(=O)(=O)N2CCN(C(=O)c3ccc(SC(C)C)cc3)CC2)cc1OC. The molecule has 31 heavy (non-hydrogen) atoms. The molecule has 0 spiro atoms. The van der Waals surface area contributed by atoms with Gasteiger partial charge in [-0.2, -0.15) is 4.31 Å². The van der Waals surface area contributed by atoms with Crippen LogP contribution in [0, 0.1) is 0 Å². The Morgan fingerprint density at radius 1 is 0.935 bits per heavy atom. The fourth-order valence-corrected chi connectivity index (χ4v) is 5.66. The molecule has 1 aliphatic heterocycles. The molecule has 2 aromatic carbocycles. The van der Waals surface area contributed by atoms with Gasteiger partial charge in [0.05, 0.1) is 19.1 Å². The molecular formula is C22H28N2O5S2. The zero-order valence-electron chi connectivity index (χ0n) is 18.2. The minimum Gasteiger partial charge on any atom is -0.493 e. The van der Waals surface area contributed by atoms with Gasteiger partial charge in [0.25, 0.3) is 5.91 Å². The van der Waals surface area contributed by atoms with E-state index in [-0.39, 0.29) is 23.9 Å². The van der Waals surface area contributed by atoms with Crippen molar-refractivity contribution in [1.82, 2.24) is 9.21 Å². The average Bonchev–Trinajstić information content (AvgIpc) is 2.78. The maximum atomic E-state index is 13.1. The van der Waals surface area contributed by atoms with Gasteiger partial charge in [0.15, 0.2) is 11.5 Å². The van der Waals surface area contributed by atoms with Crippen LogP contribution in [0.2, 0.25) is 0 Å². The second-order valence-electron chi connectivity index (χ2n) is 7.40. The number of carbonyl (C=O) groups is 1. The lowest BCUT2D eigenvalue weighted by molar-refractivity contribution is 0.0698. The summed E-state index contributed by atoms with van der Waals surface area (Å²) in [5.41, 5.74) is 0.615. The molecule has 0 unspecified atom stereocenters. The van der Waals surface area contributed by atoms with Crippen molar-refractivity contribution in [1.29, 1.82) is 0 Å². The van der Waals surface area contributed by atoms with Gasteiger partial charge in [-0.15, -0.1) is 11.8 Å². The normalized spacial score (nSPS) is 15.2. The molecule has 1 saturated heterocycles. The van der Waals surface area contributed by atoms with E-state index in [1.54, 1.807) is 22.7 Å². The Hall–Kier alpha value is -2.23. The van der Waals surface area contributed by atoms with Crippen molar-refractivity contribution < 1.29 is 22.7 Å². The molecule has 0 saturated carbocycles. The fraction of sp³-hybridized carbons (Fsp3) is 0.409. The highest BCUT2D eigenvalue weighted by Crippen LogP contribution is 2.31. The number of ether oxygens (including phenoxy) is 2. The standard InChI is InChI=1S/C22H28N2O5S2/c1-16(2)30-18-7-5-17(6-8-18)22(25)23-11-13-24(14-12-23)31(26,27)19-9-10-20(28-3)21(15-19)29-4/h5-10,15-16H,11-14H2,1-4H3. The second-order valence-corrected chi connectivity index (χ2v) is 11.0. The Kier molecular flexibility index (Phi) is 7.51. The van der Waals surface area contributed by atoms with Crippen LogP contribution in [0.25, 0.3) is 0 Å². The van der Waals surface area contributed by atoms with Gasteiger partial charge in [0, 0.05) is 48.0 Å². The number of sulfonamides is 1. The smallest absolute Gasteiger partial charge is 0.253 e. The maximum Gasteiger partial charge on any atom is 0.253 e. The highest BCUT2D eigenvalue weighted by molar-refractivity contribution is 7.99. The van der Waals surface area contributed by atoms with Crippen LogP contribution in [0.5, 0.6) is 11.5 Å². The fourth-order valence-electron chi connectivity index (χ4n) is 3.39. The molecule has 0 radical (unpaired) electrons. The van der Waals surface area contributed by atoms with E-state index in [1.807, 2.05) is 24.3 Å². The molecule has 0 atom stereocenters. The molecule has 1 aliphatic rings. The molecule has 3 rings (SSSR count). The number of hydrogen-bond acceptors (Lipinski definition) is 6. The van der Waals surface area contributed by atoms with Crippen LogP contribution in [-0.2, 0) is 10.0 Å². The quantitative estimate of drug-likeness (QED) is 0.585. The third-order valence-corrected chi connectivity index (χ3v) is 7.90. The highest BCUT2D eigenvalue weighted by atomic mass is 32.2. The summed E-state index contributed by atoms with van der Waals surface area (Å²) < 4.78 is 37.9. The zero-order valence-corrected chi connectivity index (χ0v) is 19.8. The van der Waals surface area contributed by atoms with E-state index in [2.05, 4.69) is 13.8 Å². The van der Waals surface area contributed by atoms with E-state index in [0.717, 1.165) is 4.90 Å². The van der Waals surface area contributed by atoms with E-state index in [4.69, 9.17) is 9.47 Å². The van der Waals surface area contributed by atoms with Crippen molar-refractivity contribution in [3.8, 4) is 11.5 Å². The molecule has 0 N–H and O–H groups in total.